The van der Waals surface area contributed by atoms with E-state index in [2.05, 4.69) is 6.07 Å². The highest BCUT2D eigenvalue weighted by Crippen LogP contribution is 2.44. The molecule has 1 aliphatic carbocycles. The van der Waals surface area contributed by atoms with Crippen molar-refractivity contribution in [3.05, 3.63) is 28.8 Å². The van der Waals surface area contributed by atoms with Crippen LogP contribution in [0.1, 0.15) is 29.6 Å². The predicted molar refractivity (Wildman–Crippen MR) is 64.2 cm³/mol. The molecule has 0 aliphatic heterocycles. The SMILES string of the molecule is COc1ccc(Cl)cc1C(=O)C1(C#N)CCC1. The monoisotopic (exact) mass is 249 g/mol. The third-order valence-electron chi connectivity index (χ3n) is 3.26. The van der Waals surface area contributed by atoms with Gasteiger partial charge in [-0.2, -0.15) is 5.26 Å². The normalized spacial score (nSPS) is 16.8. The van der Waals surface area contributed by atoms with E-state index in [1.54, 1.807) is 18.2 Å². The molecule has 1 saturated carbocycles. The molecule has 88 valence electrons. The molecular weight excluding hydrogens is 238 g/mol. The molecule has 0 amide bonds. The Bertz CT molecular complexity index is 501. The van der Waals surface area contributed by atoms with Crippen LogP contribution >= 0.6 is 11.6 Å². The molecule has 3 nitrogen and oxygen atoms in total. The standard InChI is InChI=1S/C13H12ClNO2/c1-17-11-4-3-9(14)7-10(11)12(16)13(8-15)5-2-6-13/h3-4,7H,2,5-6H2,1H3. The zero-order valence-electron chi connectivity index (χ0n) is 9.50. The number of methoxy groups -OCH3 is 1. The number of carbonyl (C=O) groups excluding carboxylic acids is 1. The molecule has 1 fully saturated rings. The first-order valence-corrected chi connectivity index (χ1v) is 5.80. The average Bonchev–Trinajstić information content (AvgIpc) is 2.28. The van der Waals surface area contributed by atoms with Gasteiger partial charge in [0.1, 0.15) is 11.2 Å². The van der Waals surface area contributed by atoms with Gasteiger partial charge in [0, 0.05) is 5.02 Å². The van der Waals surface area contributed by atoms with Crippen LogP contribution in [0.4, 0.5) is 0 Å². The molecule has 0 N–H and O–H groups in total. The Hall–Kier alpha value is -1.53. The first-order chi connectivity index (χ1) is 8.13. The summed E-state index contributed by atoms with van der Waals surface area (Å²) in [4.78, 5) is 12.4. The van der Waals surface area contributed by atoms with Gasteiger partial charge in [-0.05, 0) is 37.5 Å². The van der Waals surface area contributed by atoms with Crippen LogP contribution in [0.3, 0.4) is 0 Å². The number of hydrogen-bond acceptors (Lipinski definition) is 3. The first-order valence-electron chi connectivity index (χ1n) is 5.42. The number of Topliss-reactive ketones (excluding diaryl/α,β-unsaturated/α-hetero) is 1. The van der Waals surface area contributed by atoms with Gasteiger partial charge >= 0.3 is 0 Å². The predicted octanol–water partition coefficient (Wildman–Crippen LogP) is 3.23. The fourth-order valence-corrected chi connectivity index (χ4v) is 2.21. The molecule has 0 bridgehead atoms. The van der Waals surface area contributed by atoms with E-state index < -0.39 is 5.41 Å². The Labute approximate surface area is 105 Å². The molecule has 4 heteroatoms. The van der Waals surface area contributed by atoms with E-state index >= 15 is 0 Å². The zero-order chi connectivity index (χ0) is 12.5. The second-order valence-corrected chi connectivity index (χ2v) is 4.66. The molecule has 0 saturated heterocycles. The maximum atomic E-state index is 12.4. The lowest BCUT2D eigenvalue weighted by Gasteiger charge is -2.33. The van der Waals surface area contributed by atoms with Gasteiger partial charge in [0.2, 0.25) is 0 Å². The minimum atomic E-state index is -0.863. The number of nitriles is 1. The van der Waals surface area contributed by atoms with Crippen LogP contribution in [0, 0.1) is 16.7 Å². The van der Waals surface area contributed by atoms with E-state index in [4.69, 9.17) is 21.6 Å². The number of ketones is 1. The Morgan fingerprint density at radius 1 is 1.53 bits per heavy atom. The fourth-order valence-electron chi connectivity index (χ4n) is 2.04. The fraction of sp³-hybridized carbons (Fsp3) is 0.385. The van der Waals surface area contributed by atoms with Crippen molar-refractivity contribution in [2.24, 2.45) is 5.41 Å². The number of carbonyl (C=O) groups is 1. The van der Waals surface area contributed by atoms with Crippen molar-refractivity contribution in [3.8, 4) is 11.8 Å². The van der Waals surface area contributed by atoms with Crippen LogP contribution < -0.4 is 4.74 Å². The molecule has 0 unspecified atom stereocenters. The molecule has 17 heavy (non-hydrogen) atoms. The van der Waals surface area contributed by atoms with Gasteiger partial charge in [-0.1, -0.05) is 11.6 Å². The zero-order valence-corrected chi connectivity index (χ0v) is 10.3. The average molecular weight is 250 g/mol. The molecule has 0 aromatic heterocycles. The van der Waals surface area contributed by atoms with Crippen molar-refractivity contribution in [1.29, 1.82) is 5.26 Å². The van der Waals surface area contributed by atoms with Gasteiger partial charge in [0.25, 0.3) is 0 Å². The molecule has 0 heterocycles. The summed E-state index contributed by atoms with van der Waals surface area (Å²) >= 11 is 5.88. The number of ether oxygens (including phenoxy) is 1. The Morgan fingerprint density at radius 3 is 2.71 bits per heavy atom. The van der Waals surface area contributed by atoms with E-state index in [9.17, 15) is 4.79 Å². The molecular formula is C13H12ClNO2. The molecule has 1 aromatic rings. The van der Waals surface area contributed by atoms with Crippen molar-refractivity contribution < 1.29 is 9.53 Å². The van der Waals surface area contributed by atoms with Crippen molar-refractivity contribution in [2.45, 2.75) is 19.3 Å². The smallest absolute Gasteiger partial charge is 0.186 e. The van der Waals surface area contributed by atoms with Crippen LogP contribution in [-0.4, -0.2) is 12.9 Å². The highest BCUT2D eigenvalue weighted by molar-refractivity contribution is 6.31. The molecule has 1 aromatic carbocycles. The number of benzene rings is 1. The summed E-state index contributed by atoms with van der Waals surface area (Å²) in [7, 11) is 1.50. The topological polar surface area (TPSA) is 50.1 Å². The van der Waals surface area contributed by atoms with Gasteiger partial charge in [-0.3, -0.25) is 4.79 Å². The Balaban J connectivity index is 2.43. The van der Waals surface area contributed by atoms with Gasteiger partial charge < -0.3 is 4.74 Å². The maximum absolute atomic E-state index is 12.4. The first kappa shape index (κ1) is 11.9. The van der Waals surface area contributed by atoms with Gasteiger partial charge in [-0.25, -0.2) is 0 Å². The summed E-state index contributed by atoms with van der Waals surface area (Å²) in [6.07, 6.45) is 2.16. The van der Waals surface area contributed by atoms with E-state index in [1.807, 2.05) is 0 Å². The minimum absolute atomic E-state index is 0.175. The Morgan fingerprint density at radius 2 is 2.24 bits per heavy atom. The van der Waals surface area contributed by atoms with Crippen LogP contribution in [-0.2, 0) is 0 Å². The summed E-state index contributed by atoms with van der Waals surface area (Å²) < 4.78 is 5.14. The number of rotatable bonds is 3. The lowest BCUT2D eigenvalue weighted by atomic mass is 9.65. The van der Waals surface area contributed by atoms with Gasteiger partial charge in [0.15, 0.2) is 5.78 Å². The van der Waals surface area contributed by atoms with Crippen LogP contribution in [0.25, 0.3) is 0 Å². The maximum Gasteiger partial charge on any atom is 0.186 e. The highest BCUT2D eigenvalue weighted by Gasteiger charge is 2.45. The van der Waals surface area contributed by atoms with E-state index in [-0.39, 0.29) is 5.78 Å². The van der Waals surface area contributed by atoms with Gasteiger partial charge in [0.05, 0.1) is 18.7 Å². The second-order valence-electron chi connectivity index (χ2n) is 4.22. The summed E-state index contributed by atoms with van der Waals surface area (Å²) in [5.74, 6) is 0.298. The van der Waals surface area contributed by atoms with Crippen molar-refractivity contribution in [1.82, 2.24) is 0 Å². The van der Waals surface area contributed by atoms with Crippen LogP contribution in [0.5, 0.6) is 5.75 Å². The lowest BCUT2D eigenvalue weighted by molar-refractivity contribution is 0.0745. The summed E-state index contributed by atoms with van der Waals surface area (Å²) in [6, 6.07) is 7.02. The van der Waals surface area contributed by atoms with E-state index in [1.165, 1.54) is 7.11 Å². The van der Waals surface area contributed by atoms with Crippen molar-refractivity contribution in [2.75, 3.05) is 7.11 Å². The van der Waals surface area contributed by atoms with Crippen LogP contribution in [0.15, 0.2) is 18.2 Å². The van der Waals surface area contributed by atoms with Gasteiger partial charge in [-0.15, -0.1) is 0 Å². The number of hydrogen-bond donors (Lipinski definition) is 0. The summed E-state index contributed by atoms with van der Waals surface area (Å²) in [5.41, 5.74) is -0.459. The van der Waals surface area contributed by atoms with Crippen molar-refractivity contribution >= 4 is 17.4 Å². The third-order valence-corrected chi connectivity index (χ3v) is 3.50. The molecule has 2 rings (SSSR count). The molecule has 1 aliphatic rings. The largest absolute Gasteiger partial charge is 0.496 e. The van der Waals surface area contributed by atoms with E-state index in [0.717, 1.165) is 6.42 Å². The summed E-state index contributed by atoms with van der Waals surface area (Å²) in [5, 5.41) is 9.63. The molecule has 0 radical (unpaired) electrons. The van der Waals surface area contributed by atoms with Crippen LogP contribution in [0.2, 0.25) is 5.02 Å². The lowest BCUT2D eigenvalue weighted by Crippen LogP contribution is -2.36. The molecule has 0 spiro atoms. The summed E-state index contributed by atoms with van der Waals surface area (Å²) in [6.45, 7) is 0. The number of nitrogens with zero attached hydrogens (tertiary/aromatic N) is 1. The van der Waals surface area contributed by atoms with E-state index in [0.29, 0.717) is 29.2 Å². The second kappa shape index (κ2) is 4.38. The highest BCUT2D eigenvalue weighted by atomic mass is 35.5. The van der Waals surface area contributed by atoms with Crippen molar-refractivity contribution in [3.63, 3.8) is 0 Å². The number of halogens is 1. The molecule has 0 atom stereocenters. The quantitative estimate of drug-likeness (QED) is 0.773. The Kier molecular flexibility index (Phi) is 3.08. The minimum Gasteiger partial charge on any atom is -0.496 e. The third kappa shape index (κ3) is 1.89.